The average molecular weight is 419 g/mol. The lowest BCUT2D eigenvalue weighted by Gasteiger charge is -2.29. The van der Waals surface area contributed by atoms with Gasteiger partial charge in [-0.2, -0.15) is 0 Å². The van der Waals surface area contributed by atoms with Crippen LogP contribution in [0.5, 0.6) is 0 Å². The monoisotopic (exact) mass is 419 g/mol. The first-order valence-corrected chi connectivity index (χ1v) is 9.88. The number of fused-ring (bicyclic) bond motifs is 1. The number of ketones is 1. The van der Waals surface area contributed by atoms with Gasteiger partial charge < -0.3 is 15.1 Å². The molecule has 0 amide bonds. The van der Waals surface area contributed by atoms with Crippen LogP contribution in [0.4, 0.5) is 21.6 Å². The summed E-state index contributed by atoms with van der Waals surface area (Å²) in [4.78, 5) is 23.8. The van der Waals surface area contributed by atoms with Crippen molar-refractivity contribution in [1.29, 1.82) is 0 Å². The number of hydrogen-bond acceptors (Lipinski definition) is 6. The summed E-state index contributed by atoms with van der Waals surface area (Å²) in [6.07, 6.45) is 0.797. The summed E-state index contributed by atoms with van der Waals surface area (Å²) in [5.74, 6) is -0.595. The zero-order chi connectivity index (χ0) is 21.5. The molecule has 7 nitrogen and oxygen atoms in total. The third-order valence-electron chi connectivity index (χ3n) is 5.73. The van der Waals surface area contributed by atoms with Gasteiger partial charge in [-0.05, 0) is 48.2 Å². The fourth-order valence-corrected chi connectivity index (χ4v) is 4.27. The van der Waals surface area contributed by atoms with E-state index in [1.165, 1.54) is 24.3 Å². The summed E-state index contributed by atoms with van der Waals surface area (Å²) in [7, 11) is 0. The molecule has 156 valence electrons. The summed E-state index contributed by atoms with van der Waals surface area (Å²) >= 11 is 0. The molecule has 1 aliphatic heterocycles. The number of carbonyl (C=O) groups is 1. The second-order valence-corrected chi connectivity index (χ2v) is 7.65. The largest absolute Gasteiger partial charge is 0.433 e. The van der Waals surface area contributed by atoms with Gasteiger partial charge in [0.25, 0.3) is 0 Å². The van der Waals surface area contributed by atoms with Crippen molar-refractivity contribution in [2.24, 2.45) is 0 Å². The highest BCUT2D eigenvalue weighted by atomic mass is 19.1. The minimum absolute atomic E-state index is 0.0903. The summed E-state index contributed by atoms with van der Waals surface area (Å²) in [6, 6.07) is 15.8. The van der Waals surface area contributed by atoms with Gasteiger partial charge in [-0.3, -0.25) is 14.9 Å². The molecular weight excluding hydrogens is 401 g/mol. The van der Waals surface area contributed by atoms with Crippen LogP contribution in [0.2, 0.25) is 0 Å². The first-order valence-electron chi connectivity index (χ1n) is 9.88. The Morgan fingerprint density at radius 1 is 1.00 bits per heavy atom. The molecule has 1 aliphatic carbocycles. The number of carbonyl (C=O) groups excluding carboxylic acids is 1. The van der Waals surface area contributed by atoms with Crippen LogP contribution in [-0.2, 0) is 4.79 Å². The van der Waals surface area contributed by atoms with Crippen molar-refractivity contribution in [3.63, 3.8) is 0 Å². The number of furan rings is 1. The van der Waals surface area contributed by atoms with E-state index in [4.69, 9.17) is 4.42 Å². The van der Waals surface area contributed by atoms with E-state index >= 15 is 0 Å². The molecule has 0 saturated carbocycles. The Morgan fingerprint density at radius 3 is 2.45 bits per heavy atom. The van der Waals surface area contributed by atoms with Crippen LogP contribution in [-0.4, -0.2) is 10.7 Å². The molecular formula is C23H18FN3O4. The first-order chi connectivity index (χ1) is 15.0. The van der Waals surface area contributed by atoms with E-state index in [2.05, 4.69) is 10.6 Å². The molecule has 2 aliphatic rings. The molecule has 5 rings (SSSR count). The predicted molar refractivity (Wildman–Crippen MR) is 112 cm³/mol. The number of hydrogen-bond donors (Lipinski definition) is 2. The number of para-hydroxylation sites is 2. The number of halogens is 1. The Labute approximate surface area is 176 Å². The predicted octanol–water partition coefficient (Wildman–Crippen LogP) is 5.31. The van der Waals surface area contributed by atoms with Crippen molar-refractivity contribution in [3.8, 4) is 0 Å². The van der Waals surface area contributed by atoms with Gasteiger partial charge in [-0.25, -0.2) is 4.39 Å². The van der Waals surface area contributed by atoms with E-state index in [-0.39, 0.29) is 29.8 Å². The van der Waals surface area contributed by atoms with E-state index in [0.29, 0.717) is 17.8 Å². The molecule has 2 N–H and O–H groups in total. The Balaban J connectivity index is 1.59. The molecule has 0 unspecified atom stereocenters. The molecule has 0 fully saturated rings. The van der Waals surface area contributed by atoms with Crippen molar-refractivity contribution in [1.82, 2.24) is 0 Å². The third-order valence-corrected chi connectivity index (χ3v) is 5.73. The zero-order valence-electron chi connectivity index (χ0n) is 16.3. The number of nitro groups is 1. The molecule has 2 heterocycles. The standard InChI is InChI=1S/C23H18FN3O4/c24-15-7-5-13(6-8-15)14-11-18-22(19(28)12-14)23(20-9-10-21(31-20)27(29)30)26-17-4-2-1-3-16(17)25-18/h1-10,14,23,25-26H,11-12H2/t14-,23+/m0/s1. The fourth-order valence-electron chi connectivity index (χ4n) is 4.27. The van der Waals surface area contributed by atoms with E-state index in [1.807, 2.05) is 24.3 Å². The minimum atomic E-state index is -0.665. The molecule has 0 spiro atoms. The maximum Gasteiger partial charge on any atom is 0.433 e. The van der Waals surface area contributed by atoms with Crippen molar-refractivity contribution in [2.75, 3.05) is 10.6 Å². The maximum absolute atomic E-state index is 13.4. The van der Waals surface area contributed by atoms with E-state index in [1.54, 1.807) is 12.1 Å². The number of rotatable bonds is 3. The highest BCUT2D eigenvalue weighted by Crippen LogP contribution is 2.44. The smallest absolute Gasteiger partial charge is 0.403 e. The first kappa shape index (κ1) is 19.0. The molecule has 1 aromatic heterocycles. The van der Waals surface area contributed by atoms with Crippen LogP contribution in [0.3, 0.4) is 0 Å². The van der Waals surface area contributed by atoms with Gasteiger partial charge in [-0.15, -0.1) is 0 Å². The van der Waals surface area contributed by atoms with Crippen LogP contribution >= 0.6 is 0 Å². The summed E-state index contributed by atoms with van der Waals surface area (Å²) in [6.45, 7) is 0. The van der Waals surface area contributed by atoms with Crippen molar-refractivity contribution < 1.29 is 18.5 Å². The Kier molecular flexibility index (Phi) is 4.54. The summed E-state index contributed by atoms with van der Waals surface area (Å²) < 4.78 is 18.8. The Hall–Kier alpha value is -3.94. The average Bonchev–Trinajstić information content (AvgIpc) is 3.18. The van der Waals surface area contributed by atoms with Gasteiger partial charge in [0, 0.05) is 17.7 Å². The summed E-state index contributed by atoms with van der Waals surface area (Å²) in [5, 5.41) is 17.8. The van der Waals surface area contributed by atoms with Gasteiger partial charge in [0.05, 0.1) is 17.4 Å². The Bertz CT molecular complexity index is 1220. The van der Waals surface area contributed by atoms with Gasteiger partial charge in [0.1, 0.15) is 22.5 Å². The maximum atomic E-state index is 13.4. The highest BCUT2D eigenvalue weighted by Gasteiger charge is 2.37. The topological polar surface area (TPSA) is 97.4 Å². The van der Waals surface area contributed by atoms with Crippen LogP contribution in [0, 0.1) is 15.9 Å². The number of allylic oxidation sites excluding steroid dienone is 1. The molecule has 0 radical (unpaired) electrons. The number of nitrogens with one attached hydrogen (secondary N) is 2. The van der Waals surface area contributed by atoms with Crippen molar-refractivity contribution in [2.45, 2.75) is 24.8 Å². The zero-order valence-corrected chi connectivity index (χ0v) is 16.3. The van der Waals surface area contributed by atoms with E-state index in [9.17, 15) is 19.3 Å². The van der Waals surface area contributed by atoms with E-state index in [0.717, 1.165) is 22.6 Å². The Morgan fingerprint density at radius 2 is 1.74 bits per heavy atom. The number of benzene rings is 2. The normalized spacial score (nSPS) is 20.2. The second-order valence-electron chi connectivity index (χ2n) is 7.65. The molecule has 2 atom stereocenters. The van der Waals surface area contributed by atoms with Gasteiger partial charge in [0.15, 0.2) is 5.78 Å². The number of Topliss-reactive ketones (excluding diaryl/α,β-unsaturated/α-hetero) is 1. The molecule has 0 bridgehead atoms. The lowest BCUT2D eigenvalue weighted by atomic mass is 9.79. The SMILES string of the molecule is O=C1C[C@@H](c2ccc(F)cc2)CC2=C1[C@@H](c1ccc([N+](=O)[O-])o1)Nc1ccccc1N2. The lowest BCUT2D eigenvalue weighted by molar-refractivity contribution is -0.402. The lowest BCUT2D eigenvalue weighted by Crippen LogP contribution is -2.26. The third kappa shape index (κ3) is 3.46. The minimum Gasteiger partial charge on any atom is -0.403 e. The highest BCUT2D eigenvalue weighted by molar-refractivity contribution is 6.01. The number of nitrogens with zero attached hydrogens (tertiary/aromatic N) is 1. The molecule has 8 heteroatoms. The van der Waals surface area contributed by atoms with Crippen LogP contribution in [0.1, 0.15) is 36.1 Å². The molecule has 3 aromatic rings. The molecule has 2 aromatic carbocycles. The van der Waals surface area contributed by atoms with Gasteiger partial charge >= 0.3 is 5.88 Å². The van der Waals surface area contributed by atoms with Crippen LogP contribution in [0.25, 0.3) is 0 Å². The van der Waals surface area contributed by atoms with Crippen molar-refractivity contribution in [3.05, 3.63) is 99.2 Å². The molecule has 0 saturated heterocycles. The van der Waals surface area contributed by atoms with Crippen molar-refractivity contribution >= 4 is 23.0 Å². The fraction of sp³-hybridized carbons (Fsp3) is 0.174. The van der Waals surface area contributed by atoms with Gasteiger partial charge in [0.2, 0.25) is 0 Å². The second kappa shape index (κ2) is 7.39. The quantitative estimate of drug-likeness (QED) is 0.441. The van der Waals surface area contributed by atoms with Crippen LogP contribution < -0.4 is 10.6 Å². The van der Waals surface area contributed by atoms with Crippen LogP contribution in [0.15, 0.2) is 76.4 Å². The number of anilines is 2. The van der Waals surface area contributed by atoms with Gasteiger partial charge in [-0.1, -0.05) is 24.3 Å². The summed E-state index contributed by atoms with van der Waals surface area (Å²) in [5.41, 5.74) is 3.67. The van der Waals surface area contributed by atoms with E-state index < -0.39 is 11.0 Å². The molecule has 31 heavy (non-hydrogen) atoms.